The largest absolute Gasteiger partial charge is 0.479 e. The topological polar surface area (TPSA) is 107 Å². The summed E-state index contributed by atoms with van der Waals surface area (Å²) in [5.41, 5.74) is 2.43. The molecule has 0 aliphatic carbocycles. The van der Waals surface area contributed by atoms with Crippen molar-refractivity contribution in [3.63, 3.8) is 0 Å². The molecule has 0 bridgehead atoms. The van der Waals surface area contributed by atoms with Gasteiger partial charge in [-0.2, -0.15) is 5.26 Å². The van der Waals surface area contributed by atoms with Crippen molar-refractivity contribution >= 4 is 11.8 Å². The van der Waals surface area contributed by atoms with Crippen LogP contribution in [0, 0.1) is 32.1 Å². The first kappa shape index (κ1) is 20.9. The molecule has 0 radical (unpaired) electrons. The molecule has 1 atom stereocenters. The minimum absolute atomic E-state index is 0.325. The van der Waals surface area contributed by atoms with Crippen LogP contribution in [-0.2, 0) is 9.53 Å². The smallest absolute Gasteiger partial charge is 0.347 e. The van der Waals surface area contributed by atoms with Crippen LogP contribution < -0.4 is 4.74 Å². The van der Waals surface area contributed by atoms with Gasteiger partial charge in [-0.1, -0.05) is 5.16 Å². The van der Waals surface area contributed by atoms with Crippen molar-refractivity contribution in [1.29, 1.82) is 5.26 Å². The van der Waals surface area contributed by atoms with Crippen molar-refractivity contribution in [2.24, 2.45) is 0 Å². The minimum atomic E-state index is -0.906. The van der Waals surface area contributed by atoms with Crippen molar-refractivity contribution in [3.8, 4) is 17.6 Å². The van der Waals surface area contributed by atoms with Gasteiger partial charge >= 0.3 is 5.97 Å². The highest BCUT2D eigenvalue weighted by Gasteiger charge is 2.22. The van der Waals surface area contributed by atoms with Crippen molar-refractivity contribution in [1.82, 2.24) is 9.72 Å². The number of hydrogen-bond donors (Lipinski definition) is 0. The summed E-state index contributed by atoms with van der Waals surface area (Å²) in [6.07, 6.45) is -0.906. The number of rotatable bonds is 7. The molecule has 0 aliphatic rings. The number of carbonyl (C=O) groups excluding carboxylic acids is 2. The van der Waals surface area contributed by atoms with Crippen LogP contribution in [0.3, 0.4) is 0 Å². The molecule has 0 amide bonds. The Kier molecular flexibility index (Phi) is 6.02. The Hall–Kier alpha value is -3.86. The maximum absolute atomic E-state index is 12.6. The van der Waals surface area contributed by atoms with Crippen LogP contribution in [0.2, 0.25) is 0 Å². The van der Waals surface area contributed by atoms with Gasteiger partial charge in [-0.3, -0.25) is 9.36 Å². The molecule has 2 aromatic heterocycles. The zero-order valence-corrected chi connectivity index (χ0v) is 17.1. The normalized spacial score (nSPS) is 11.6. The molecule has 30 heavy (non-hydrogen) atoms. The van der Waals surface area contributed by atoms with E-state index in [1.165, 1.54) is 6.92 Å². The molecule has 0 unspecified atom stereocenters. The average molecular weight is 407 g/mol. The lowest BCUT2D eigenvalue weighted by molar-refractivity contribution is -0.149. The zero-order valence-electron chi connectivity index (χ0n) is 17.1. The molecule has 0 saturated heterocycles. The highest BCUT2D eigenvalue weighted by molar-refractivity contribution is 5.99. The van der Waals surface area contributed by atoms with Crippen LogP contribution in [0.5, 0.6) is 5.75 Å². The maximum atomic E-state index is 12.6. The predicted molar refractivity (Wildman–Crippen MR) is 107 cm³/mol. The SMILES string of the molecule is Cc1cc(-n2c(C)cc(C(=O)COC(=O)[C@H](C)Oc3ccc(C#N)cc3)c2C)no1. The number of ether oxygens (including phenoxy) is 2. The third kappa shape index (κ3) is 4.41. The van der Waals surface area contributed by atoms with Crippen molar-refractivity contribution in [3.05, 3.63) is 64.7 Å². The Morgan fingerprint density at radius 1 is 1.20 bits per heavy atom. The van der Waals surface area contributed by atoms with Gasteiger partial charge in [0.05, 0.1) is 11.6 Å². The quantitative estimate of drug-likeness (QED) is 0.436. The molecule has 1 aromatic carbocycles. The van der Waals surface area contributed by atoms with Crippen LogP contribution in [-0.4, -0.2) is 34.2 Å². The number of nitriles is 1. The molecule has 0 saturated carbocycles. The van der Waals surface area contributed by atoms with Crippen LogP contribution >= 0.6 is 0 Å². The van der Waals surface area contributed by atoms with E-state index in [1.54, 1.807) is 50.2 Å². The number of aryl methyl sites for hydroxylation is 2. The fourth-order valence-electron chi connectivity index (χ4n) is 3.05. The Morgan fingerprint density at radius 3 is 2.50 bits per heavy atom. The maximum Gasteiger partial charge on any atom is 0.347 e. The highest BCUT2D eigenvalue weighted by Crippen LogP contribution is 2.21. The average Bonchev–Trinajstić information content (AvgIpc) is 3.28. The van der Waals surface area contributed by atoms with Gasteiger partial charge in [0.2, 0.25) is 5.78 Å². The number of carbonyl (C=O) groups is 2. The van der Waals surface area contributed by atoms with Gasteiger partial charge in [0.1, 0.15) is 11.5 Å². The lowest BCUT2D eigenvalue weighted by Crippen LogP contribution is -2.28. The summed E-state index contributed by atoms with van der Waals surface area (Å²) in [6.45, 7) is 6.57. The molecule has 3 aromatic rings. The van der Waals surface area contributed by atoms with E-state index in [-0.39, 0.29) is 5.78 Å². The molecular formula is C22H21N3O5. The van der Waals surface area contributed by atoms with E-state index in [0.29, 0.717) is 34.1 Å². The second-order valence-corrected chi connectivity index (χ2v) is 6.84. The van der Waals surface area contributed by atoms with E-state index in [0.717, 1.165) is 5.69 Å². The van der Waals surface area contributed by atoms with E-state index in [1.807, 2.05) is 17.6 Å². The molecule has 0 N–H and O–H groups in total. The molecule has 154 valence electrons. The van der Waals surface area contributed by atoms with Crippen LogP contribution in [0.25, 0.3) is 5.82 Å². The van der Waals surface area contributed by atoms with Gasteiger partial charge in [-0.05, 0) is 58.0 Å². The molecule has 2 heterocycles. The number of nitrogens with zero attached hydrogens (tertiary/aromatic N) is 3. The molecule has 0 spiro atoms. The summed E-state index contributed by atoms with van der Waals surface area (Å²) in [5, 5.41) is 12.8. The molecule has 8 heteroatoms. The summed E-state index contributed by atoms with van der Waals surface area (Å²) in [5.74, 6) is 0.692. The Morgan fingerprint density at radius 2 is 1.90 bits per heavy atom. The first-order valence-electron chi connectivity index (χ1n) is 9.29. The van der Waals surface area contributed by atoms with Gasteiger partial charge in [0, 0.05) is 23.0 Å². The Bertz CT molecular complexity index is 1120. The van der Waals surface area contributed by atoms with Crippen LogP contribution in [0.15, 0.2) is 40.9 Å². The predicted octanol–water partition coefficient (Wildman–Crippen LogP) is 3.46. The first-order valence-corrected chi connectivity index (χ1v) is 9.29. The lowest BCUT2D eigenvalue weighted by Gasteiger charge is -2.13. The van der Waals surface area contributed by atoms with Crippen molar-refractivity contribution in [2.45, 2.75) is 33.8 Å². The van der Waals surface area contributed by atoms with E-state index >= 15 is 0 Å². The molecular weight excluding hydrogens is 386 g/mol. The summed E-state index contributed by atoms with van der Waals surface area (Å²) in [6, 6.07) is 11.9. The highest BCUT2D eigenvalue weighted by atomic mass is 16.6. The number of ketones is 1. The van der Waals surface area contributed by atoms with Gasteiger partial charge in [-0.15, -0.1) is 0 Å². The summed E-state index contributed by atoms with van der Waals surface area (Å²) in [4.78, 5) is 24.8. The second-order valence-electron chi connectivity index (χ2n) is 6.84. The second kappa shape index (κ2) is 8.66. The molecule has 0 fully saturated rings. The third-order valence-corrected chi connectivity index (χ3v) is 4.55. The fraction of sp³-hybridized carbons (Fsp3) is 0.273. The van der Waals surface area contributed by atoms with Gasteiger partial charge < -0.3 is 14.0 Å². The lowest BCUT2D eigenvalue weighted by atomic mass is 10.1. The van der Waals surface area contributed by atoms with Gasteiger partial charge in [0.15, 0.2) is 18.5 Å². The Labute approximate surface area is 173 Å². The molecule has 3 rings (SSSR count). The van der Waals surface area contributed by atoms with Gasteiger partial charge in [0.25, 0.3) is 0 Å². The molecule has 8 nitrogen and oxygen atoms in total. The van der Waals surface area contributed by atoms with Crippen molar-refractivity contribution < 1.29 is 23.6 Å². The minimum Gasteiger partial charge on any atom is -0.479 e. The fourth-order valence-corrected chi connectivity index (χ4v) is 3.05. The number of aromatic nitrogens is 2. The molecule has 0 aliphatic heterocycles. The van der Waals surface area contributed by atoms with E-state index in [2.05, 4.69) is 5.16 Å². The first-order chi connectivity index (χ1) is 14.3. The number of benzene rings is 1. The van der Waals surface area contributed by atoms with Crippen LogP contribution in [0.4, 0.5) is 0 Å². The summed E-state index contributed by atoms with van der Waals surface area (Å²) < 4.78 is 17.6. The third-order valence-electron chi connectivity index (χ3n) is 4.55. The zero-order chi connectivity index (χ0) is 21.8. The van der Waals surface area contributed by atoms with E-state index in [4.69, 9.17) is 19.3 Å². The van der Waals surface area contributed by atoms with Gasteiger partial charge in [-0.25, -0.2) is 4.79 Å². The summed E-state index contributed by atoms with van der Waals surface area (Å²) in [7, 11) is 0. The van der Waals surface area contributed by atoms with E-state index < -0.39 is 18.7 Å². The standard InChI is InChI=1S/C22H21N3O5/c1-13-9-19(15(3)25(13)21-10-14(2)30-24-21)20(26)12-28-22(27)16(4)29-18-7-5-17(11-23)6-8-18/h5-10,16H,12H2,1-4H3/t16-/m0/s1. The Balaban J connectivity index is 1.62. The summed E-state index contributed by atoms with van der Waals surface area (Å²) >= 11 is 0. The van der Waals surface area contributed by atoms with Crippen LogP contribution in [0.1, 0.15) is 40.0 Å². The number of esters is 1. The monoisotopic (exact) mass is 407 g/mol. The number of Topliss-reactive ketones (excluding diaryl/α,β-unsaturated/α-hetero) is 1. The number of hydrogen-bond acceptors (Lipinski definition) is 7. The van der Waals surface area contributed by atoms with E-state index in [9.17, 15) is 9.59 Å². The van der Waals surface area contributed by atoms with Crippen molar-refractivity contribution in [2.75, 3.05) is 6.61 Å².